The SMILES string of the molecule is Cc1ncnc(N2CC3CN(CCN4CCCCC4)CC3C2)c1C. The van der Waals surface area contributed by atoms with E-state index >= 15 is 0 Å². The Hall–Kier alpha value is -1.20. The highest BCUT2D eigenvalue weighted by molar-refractivity contribution is 5.48. The lowest BCUT2D eigenvalue weighted by atomic mass is 10.0. The second-order valence-corrected chi connectivity index (χ2v) is 7.99. The van der Waals surface area contributed by atoms with Crippen molar-refractivity contribution in [2.75, 3.05) is 57.3 Å². The van der Waals surface area contributed by atoms with E-state index in [0.717, 1.165) is 23.3 Å². The molecular formula is C19H31N5. The predicted molar refractivity (Wildman–Crippen MR) is 97.4 cm³/mol. The van der Waals surface area contributed by atoms with Crippen LogP contribution >= 0.6 is 0 Å². The number of anilines is 1. The fourth-order valence-corrected chi connectivity index (χ4v) is 4.76. The van der Waals surface area contributed by atoms with Crippen molar-refractivity contribution >= 4 is 5.82 Å². The number of rotatable bonds is 4. The number of nitrogens with zero attached hydrogens (tertiary/aromatic N) is 5. The number of aryl methyl sites for hydroxylation is 1. The number of aromatic nitrogens is 2. The lowest BCUT2D eigenvalue weighted by Crippen LogP contribution is -2.38. The molecule has 0 bridgehead atoms. The first-order chi connectivity index (χ1) is 11.7. The first kappa shape index (κ1) is 16.3. The van der Waals surface area contributed by atoms with Gasteiger partial charge in [-0.15, -0.1) is 0 Å². The van der Waals surface area contributed by atoms with Gasteiger partial charge >= 0.3 is 0 Å². The number of likely N-dealkylation sites (tertiary alicyclic amines) is 2. The van der Waals surface area contributed by atoms with Gasteiger partial charge in [-0.2, -0.15) is 0 Å². The molecule has 0 amide bonds. The number of fused-ring (bicyclic) bond motifs is 1. The Bertz CT molecular complexity index is 555. The van der Waals surface area contributed by atoms with Crippen molar-refractivity contribution in [3.8, 4) is 0 Å². The van der Waals surface area contributed by atoms with Gasteiger partial charge in [-0.25, -0.2) is 9.97 Å². The summed E-state index contributed by atoms with van der Waals surface area (Å²) in [7, 11) is 0. The maximum Gasteiger partial charge on any atom is 0.135 e. The normalized spacial score (nSPS) is 28.5. The van der Waals surface area contributed by atoms with Crippen molar-refractivity contribution < 1.29 is 0 Å². The standard InChI is InChI=1S/C19H31N5/c1-15-16(2)20-14-21-19(15)24-12-17-10-23(11-18(17)13-24)9-8-22-6-4-3-5-7-22/h14,17-18H,3-13H2,1-2H3. The van der Waals surface area contributed by atoms with Gasteiger partial charge in [0.05, 0.1) is 0 Å². The molecule has 1 aromatic rings. The van der Waals surface area contributed by atoms with E-state index in [1.807, 2.05) is 0 Å². The van der Waals surface area contributed by atoms with E-state index in [-0.39, 0.29) is 0 Å². The molecule has 3 aliphatic rings. The first-order valence-electron chi connectivity index (χ1n) is 9.68. The minimum atomic E-state index is 0.820. The summed E-state index contributed by atoms with van der Waals surface area (Å²) in [5.74, 6) is 2.80. The molecule has 4 heterocycles. The molecule has 0 radical (unpaired) electrons. The van der Waals surface area contributed by atoms with Gasteiger partial charge in [0.15, 0.2) is 0 Å². The monoisotopic (exact) mass is 329 g/mol. The maximum atomic E-state index is 4.56. The molecule has 4 rings (SSSR count). The Balaban J connectivity index is 1.29. The van der Waals surface area contributed by atoms with Crippen molar-refractivity contribution in [1.82, 2.24) is 19.8 Å². The van der Waals surface area contributed by atoms with E-state index in [4.69, 9.17) is 0 Å². The average Bonchev–Trinajstić information content (AvgIpc) is 3.15. The van der Waals surface area contributed by atoms with Crippen molar-refractivity contribution in [2.24, 2.45) is 11.8 Å². The predicted octanol–water partition coefficient (Wildman–Crippen LogP) is 1.95. The van der Waals surface area contributed by atoms with Gasteiger partial charge < -0.3 is 14.7 Å². The summed E-state index contributed by atoms with van der Waals surface area (Å²) < 4.78 is 0. The summed E-state index contributed by atoms with van der Waals surface area (Å²) in [5, 5.41) is 0. The number of hydrogen-bond acceptors (Lipinski definition) is 5. The second kappa shape index (κ2) is 6.96. The van der Waals surface area contributed by atoms with Gasteiger partial charge in [0.2, 0.25) is 0 Å². The zero-order valence-electron chi connectivity index (χ0n) is 15.2. The molecule has 0 aliphatic carbocycles. The third kappa shape index (κ3) is 3.29. The zero-order chi connectivity index (χ0) is 16.5. The van der Waals surface area contributed by atoms with Gasteiger partial charge in [0, 0.05) is 50.5 Å². The van der Waals surface area contributed by atoms with Gasteiger partial charge in [-0.05, 0) is 51.6 Å². The van der Waals surface area contributed by atoms with Crippen LogP contribution in [0.1, 0.15) is 30.5 Å². The summed E-state index contributed by atoms with van der Waals surface area (Å²) in [6.07, 6.45) is 5.95. The van der Waals surface area contributed by atoms with Crippen LogP contribution in [0.2, 0.25) is 0 Å². The van der Waals surface area contributed by atoms with Crippen molar-refractivity contribution in [1.29, 1.82) is 0 Å². The molecule has 24 heavy (non-hydrogen) atoms. The van der Waals surface area contributed by atoms with Gasteiger partial charge in [0.25, 0.3) is 0 Å². The fourth-order valence-electron chi connectivity index (χ4n) is 4.76. The highest BCUT2D eigenvalue weighted by Crippen LogP contribution is 2.34. The summed E-state index contributed by atoms with van der Waals surface area (Å²) in [4.78, 5) is 16.7. The van der Waals surface area contributed by atoms with Crippen LogP contribution in [0.4, 0.5) is 5.82 Å². The zero-order valence-corrected chi connectivity index (χ0v) is 15.2. The van der Waals surface area contributed by atoms with E-state index in [0.29, 0.717) is 0 Å². The summed E-state index contributed by atoms with van der Waals surface area (Å²) >= 11 is 0. The Morgan fingerprint density at radius 3 is 2.25 bits per heavy atom. The second-order valence-electron chi connectivity index (χ2n) is 7.99. The fraction of sp³-hybridized carbons (Fsp3) is 0.789. The molecule has 3 aliphatic heterocycles. The molecule has 5 heteroatoms. The van der Waals surface area contributed by atoms with Crippen LogP contribution in [0.15, 0.2) is 6.33 Å². The summed E-state index contributed by atoms with van der Waals surface area (Å²) in [6, 6.07) is 0. The van der Waals surface area contributed by atoms with E-state index in [1.165, 1.54) is 77.2 Å². The molecule has 1 aromatic heterocycles. The van der Waals surface area contributed by atoms with Gasteiger partial charge in [-0.3, -0.25) is 0 Å². The third-order valence-electron chi connectivity index (χ3n) is 6.35. The lowest BCUT2D eigenvalue weighted by molar-refractivity contribution is 0.192. The van der Waals surface area contributed by atoms with Crippen LogP contribution in [0.25, 0.3) is 0 Å². The Morgan fingerprint density at radius 2 is 1.54 bits per heavy atom. The molecule has 0 saturated carbocycles. The molecule has 0 aromatic carbocycles. The smallest absolute Gasteiger partial charge is 0.135 e. The van der Waals surface area contributed by atoms with Crippen molar-refractivity contribution in [3.05, 3.63) is 17.6 Å². The number of hydrogen-bond donors (Lipinski definition) is 0. The lowest BCUT2D eigenvalue weighted by Gasteiger charge is -2.29. The maximum absolute atomic E-state index is 4.56. The Labute approximate surface area is 146 Å². The minimum Gasteiger partial charge on any atom is -0.356 e. The van der Waals surface area contributed by atoms with Crippen LogP contribution in [-0.4, -0.2) is 72.1 Å². The minimum absolute atomic E-state index is 0.820. The van der Waals surface area contributed by atoms with Crippen molar-refractivity contribution in [2.45, 2.75) is 33.1 Å². The average molecular weight is 329 g/mol. The van der Waals surface area contributed by atoms with Gasteiger partial charge in [0.1, 0.15) is 12.1 Å². The Morgan fingerprint density at radius 1 is 0.875 bits per heavy atom. The molecule has 3 fully saturated rings. The topological polar surface area (TPSA) is 35.5 Å². The molecule has 2 unspecified atom stereocenters. The third-order valence-corrected chi connectivity index (χ3v) is 6.35. The van der Waals surface area contributed by atoms with Crippen LogP contribution in [0, 0.1) is 25.7 Å². The largest absolute Gasteiger partial charge is 0.356 e. The first-order valence-corrected chi connectivity index (χ1v) is 9.68. The molecule has 5 nitrogen and oxygen atoms in total. The number of piperidine rings is 1. The molecular weight excluding hydrogens is 298 g/mol. The molecule has 3 saturated heterocycles. The van der Waals surface area contributed by atoms with E-state index < -0.39 is 0 Å². The van der Waals surface area contributed by atoms with Crippen LogP contribution in [0.5, 0.6) is 0 Å². The quantitative estimate of drug-likeness (QED) is 0.844. The summed E-state index contributed by atoms with van der Waals surface area (Å²) in [6.45, 7) is 14.3. The van der Waals surface area contributed by atoms with Crippen LogP contribution in [0.3, 0.4) is 0 Å². The van der Waals surface area contributed by atoms with E-state index in [1.54, 1.807) is 6.33 Å². The highest BCUT2D eigenvalue weighted by Gasteiger charge is 2.40. The Kier molecular flexibility index (Phi) is 4.72. The van der Waals surface area contributed by atoms with E-state index in [2.05, 4.69) is 38.5 Å². The van der Waals surface area contributed by atoms with Crippen molar-refractivity contribution in [3.63, 3.8) is 0 Å². The van der Waals surface area contributed by atoms with Crippen LogP contribution < -0.4 is 4.90 Å². The van der Waals surface area contributed by atoms with Crippen LogP contribution in [-0.2, 0) is 0 Å². The highest BCUT2D eigenvalue weighted by atomic mass is 15.3. The molecule has 132 valence electrons. The summed E-state index contributed by atoms with van der Waals surface area (Å²) in [5.41, 5.74) is 2.36. The van der Waals surface area contributed by atoms with Gasteiger partial charge in [-0.1, -0.05) is 6.42 Å². The molecule has 0 N–H and O–H groups in total. The molecule has 0 spiro atoms. The molecule has 2 atom stereocenters. The van der Waals surface area contributed by atoms with E-state index in [9.17, 15) is 0 Å².